The molecule has 6 nitrogen and oxygen atoms in total. The third kappa shape index (κ3) is 2.97. The molecule has 0 unspecified atom stereocenters. The molecule has 2 aromatic heterocycles. The molecule has 0 aliphatic heterocycles. The lowest BCUT2D eigenvalue weighted by atomic mass is 10.2. The summed E-state index contributed by atoms with van der Waals surface area (Å²) in [5.74, 6) is 2.33. The van der Waals surface area contributed by atoms with Crippen LogP contribution >= 0.6 is 0 Å². The standard InChI is InChI=1S/C19H16N4O2/c1-25-15-7-5-13(6-8-15)21-19-17-16(9-10-20-19)22-18(23-17)12-3-2-4-14(24)11-12/h2-11,24H,1H3,(H,20,21)(H,22,23). The van der Waals surface area contributed by atoms with Gasteiger partial charge < -0.3 is 20.1 Å². The molecule has 0 amide bonds. The van der Waals surface area contributed by atoms with E-state index in [0.717, 1.165) is 28.0 Å². The quantitative estimate of drug-likeness (QED) is 0.524. The fourth-order valence-corrected chi connectivity index (χ4v) is 2.63. The first-order valence-electron chi connectivity index (χ1n) is 7.78. The van der Waals surface area contributed by atoms with E-state index in [1.807, 2.05) is 36.4 Å². The number of imidazole rings is 1. The summed E-state index contributed by atoms with van der Waals surface area (Å²) in [6.07, 6.45) is 1.72. The van der Waals surface area contributed by atoms with Gasteiger partial charge in [0.15, 0.2) is 5.82 Å². The van der Waals surface area contributed by atoms with Crippen LogP contribution in [0.3, 0.4) is 0 Å². The molecule has 0 fully saturated rings. The molecular formula is C19H16N4O2. The van der Waals surface area contributed by atoms with Crippen LogP contribution in [0.2, 0.25) is 0 Å². The number of phenols is 1. The average Bonchev–Trinajstić information content (AvgIpc) is 3.08. The third-order valence-electron chi connectivity index (χ3n) is 3.87. The highest BCUT2D eigenvalue weighted by molar-refractivity contribution is 5.90. The minimum atomic E-state index is 0.202. The molecule has 4 aromatic rings. The van der Waals surface area contributed by atoms with Crippen molar-refractivity contribution in [2.45, 2.75) is 0 Å². The maximum Gasteiger partial charge on any atom is 0.158 e. The molecule has 2 aromatic carbocycles. The maximum absolute atomic E-state index is 9.66. The van der Waals surface area contributed by atoms with E-state index in [2.05, 4.69) is 20.3 Å². The van der Waals surface area contributed by atoms with Gasteiger partial charge in [-0.05, 0) is 42.5 Å². The summed E-state index contributed by atoms with van der Waals surface area (Å²) in [4.78, 5) is 12.3. The van der Waals surface area contributed by atoms with Gasteiger partial charge in [-0.15, -0.1) is 0 Å². The Morgan fingerprint density at radius 2 is 1.92 bits per heavy atom. The molecule has 0 bridgehead atoms. The van der Waals surface area contributed by atoms with E-state index in [4.69, 9.17) is 4.74 Å². The number of rotatable bonds is 4. The largest absolute Gasteiger partial charge is 0.508 e. The Hall–Kier alpha value is -3.54. The molecule has 0 aliphatic rings. The molecule has 0 aliphatic carbocycles. The summed E-state index contributed by atoms with van der Waals surface area (Å²) < 4.78 is 5.17. The number of nitrogens with zero attached hydrogens (tertiary/aromatic N) is 2. The Labute approximate surface area is 144 Å². The number of methoxy groups -OCH3 is 1. The first-order valence-corrected chi connectivity index (χ1v) is 7.78. The van der Waals surface area contributed by atoms with Crippen LogP contribution in [0.15, 0.2) is 60.8 Å². The van der Waals surface area contributed by atoms with E-state index in [0.29, 0.717) is 11.6 Å². The van der Waals surface area contributed by atoms with Crippen molar-refractivity contribution in [3.05, 3.63) is 60.8 Å². The number of benzene rings is 2. The van der Waals surface area contributed by atoms with E-state index < -0.39 is 0 Å². The molecule has 25 heavy (non-hydrogen) atoms. The summed E-state index contributed by atoms with van der Waals surface area (Å²) in [7, 11) is 1.64. The van der Waals surface area contributed by atoms with Crippen molar-refractivity contribution in [3.63, 3.8) is 0 Å². The molecule has 124 valence electrons. The van der Waals surface area contributed by atoms with Crippen molar-refractivity contribution in [1.29, 1.82) is 0 Å². The highest BCUT2D eigenvalue weighted by atomic mass is 16.5. The number of hydrogen-bond donors (Lipinski definition) is 3. The second-order valence-electron chi connectivity index (χ2n) is 5.54. The number of hydrogen-bond acceptors (Lipinski definition) is 5. The smallest absolute Gasteiger partial charge is 0.158 e. The Balaban J connectivity index is 1.72. The van der Waals surface area contributed by atoms with E-state index in [-0.39, 0.29) is 5.75 Å². The summed E-state index contributed by atoms with van der Waals surface area (Å²) in [6.45, 7) is 0. The average molecular weight is 332 g/mol. The van der Waals surface area contributed by atoms with Crippen LogP contribution in [0, 0.1) is 0 Å². The minimum absolute atomic E-state index is 0.202. The molecule has 4 rings (SSSR count). The number of ether oxygens (including phenoxy) is 1. The Kier molecular flexibility index (Phi) is 3.70. The first kappa shape index (κ1) is 15.0. The van der Waals surface area contributed by atoms with Crippen LogP contribution in [0.5, 0.6) is 11.5 Å². The van der Waals surface area contributed by atoms with E-state index in [1.54, 1.807) is 31.5 Å². The van der Waals surface area contributed by atoms with Gasteiger partial charge in [0.1, 0.15) is 22.8 Å². The predicted octanol–water partition coefficient (Wildman–Crippen LogP) is 4.08. The topological polar surface area (TPSA) is 83.1 Å². The van der Waals surface area contributed by atoms with Gasteiger partial charge >= 0.3 is 0 Å². The predicted molar refractivity (Wildman–Crippen MR) is 97.3 cm³/mol. The number of pyridine rings is 1. The molecular weight excluding hydrogens is 316 g/mol. The van der Waals surface area contributed by atoms with Crippen LogP contribution in [0.25, 0.3) is 22.4 Å². The number of nitrogens with one attached hydrogen (secondary N) is 2. The van der Waals surface area contributed by atoms with Crippen molar-refractivity contribution >= 4 is 22.5 Å². The lowest BCUT2D eigenvalue weighted by Gasteiger charge is -2.06. The van der Waals surface area contributed by atoms with Crippen LogP contribution in [0.4, 0.5) is 11.5 Å². The van der Waals surface area contributed by atoms with E-state index in [9.17, 15) is 5.11 Å². The van der Waals surface area contributed by atoms with Gasteiger partial charge in [-0.25, -0.2) is 9.97 Å². The zero-order valence-electron chi connectivity index (χ0n) is 13.5. The molecule has 0 spiro atoms. The summed E-state index contributed by atoms with van der Waals surface area (Å²) in [5, 5.41) is 12.9. The minimum Gasteiger partial charge on any atom is -0.508 e. The second kappa shape index (κ2) is 6.16. The van der Waals surface area contributed by atoms with Gasteiger partial charge in [-0.3, -0.25) is 0 Å². The number of fused-ring (bicyclic) bond motifs is 1. The number of phenolic OH excluding ortho intramolecular Hbond substituents is 1. The van der Waals surface area contributed by atoms with Crippen LogP contribution < -0.4 is 10.1 Å². The molecule has 0 atom stereocenters. The van der Waals surface area contributed by atoms with Gasteiger partial charge in [0.2, 0.25) is 0 Å². The van der Waals surface area contributed by atoms with Gasteiger partial charge in [0.05, 0.1) is 12.6 Å². The third-order valence-corrected chi connectivity index (χ3v) is 3.87. The number of aromatic nitrogens is 3. The molecule has 3 N–H and O–H groups in total. The monoisotopic (exact) mass is 332 g/mol. The second-order valence-corrected chi connectivity index (χ2v) is 5.54. The van der Waals surface area contributed by atoms with E-state index >= 15 is 0 Å². The van der Waals surface area contributed by atoms with Crippen LogP contribution in [-0.4, -0.2) is 27.2 Å². The lowest BCUT2D eigenvalue weighted by Crippen LogP contribution is -1.94. The highest BCUT2D eigenvalue weighted by Crippen LogP contribution is 2.28. The number of anilines is 2. The Morgan fingerprint density at radius 1 is 1.08 bits per heavy atom. The Morgan fingerprint density at radius 3 is 2.68 bits per heavy atom. The van der Waals surface area contributed by atoms with Gasteiger partial charge in [-0.1, -0.05) is 12.1 Å². The maximum atomic E-state index is 9.66. The van der Waals surface area contributed by atoms with Crippen molar-refractivity contribution in [1.82, 2.24) is 15.0 Å². The lowest BCUT2D eigenvalue weighted by molar-refractivity contribution is 0.415. The first-order chi connectivity index (χ1) is 12.2. The molecule has 6 heteroatoms. The highest BCUT2D eigenvalue weighted by Gasteiger charge is 2.11. The molecule has 0 radical (unpaired) electrons. The summed E-state index contributed by atoms with van der Waals surface area (Å²) in [6, 6.07) is 16.4. The van der Waals surface area contributed by atoms with Gasteiger partial charge in [-0.2, -0.15) is 0 Å². The SMILES string of the molecule is COc1ccc(Nc2nccc3[nH]c(-c4cccc(O)c4)nc23)cc1. The molecule has 2 heterocycles. The van der Waals surface area contributed by atoms with Gasteiger partial charge in [0.25, 0.3) is 0 Å². The van der Waals surface area contributed by atoms with Crippen molar-refractivity contribution in [3.8, 4) is 22.9 Å². The normalized spacial score (nSPS) is 10.8. The zero-order valence-corrected chi connectivity index (χ0v) is 13.5. The Bertz CT molecular complexity index is 1030. The van der Waals surface area contributed by atoms with Crippen molar-refractivity contribution in [2.24, 2.45) is 0 Å². The van der Waals surface area contributed by atoms with Crippen molar-refractivity contribution in [2.75, 3.05) is 12.4 Å². The summed E-state index contributed by atoms with van der Waals surface area (Å²) >= 11 is 0. The number of aromatic amines is 1. The van der Waals surface area contributed by atoms with Crippen molar-refractivity contribution < 1.29 is 9.84 Å². The number of aromatic hydroxyl groups is 1. The van der Waals surface area contributed by atoms with Gasteiger partial charge in [0, 0.05) is 17.4 Å². The van der Waals surface area contributed by atoms with E-state index in [1.165, 1.54) is 0 Å². The zero-order chi connectivity index (χ0) is 17.2. The molecule has 0 saturated carbocycles. The number of H-pyrrole nitrogens is 1. The van der Waals surface area contributed by atoms with Crippen LogP contribution in [-0.2, 0) is 0 Å². The summed E-state index contributed by atoms with van der Waals surface area (Å²) in [5.41, 5.74) is 3.30. The fraction of sp³-hybridized carbons (Fsp3) is 0.0526. The van der Waals surface area contributed by atoms with Crippen LogP contribution in [0.1, 0.15) is 0 Å². The molecule has 0 saturated heterocycles. The fourth-order valence-electron chi connectivity index (χ4n) is 2.63.